The van der Waals surface area contributed by atoms with E-state index in [2.05, 4.69) is 10.3 Å². The second-order valence-corrected chi connectivity index (χ2v) is 4.22. The number of amides is 1. The number of aromatic amines is 2. The summed E-state index contributed by atoms with van der Waals surface area (Å²) in [6.45, 7) is 0.960. The van der Waals surface area contributed by atoms with Crippen molar-refractivity contribution < 1.29 is 18.7 Å². The van der Waals surface area contributed by atoms with Crippen LogP contribution in [0, 0.1) is 6.92 Å². The van der Waals surface area contributed by atoms with E-state index < -0.39 is 36.2 Å². The highest BCUT2D eigenvalue weighted by Gasteiger charge is 2.17. The van der Waals surface area contributed by atoms with Crippen LogP contribution in [0.25, 0.3) is 0 Å². The molecule has 0 saturated carbocycles. The van der Waals surface area contributed by atoms with E-state index in [0.29, 0.717) is 5.69 Å². The van der Waals surface area contributed by atoms with E-state index in [1.165, 1.54) is 6.92 Å². The van der Waals surface area contributed by atoms with Gasteiger partial charge >= 0.3 is 5.69 Å². The molecule has 1 rings (SSSR count). The summed E-state index contributed by atoms with van der Waals surface area (Å²) in [5.74, 6) is -0.574. The van der Waals surface area contributed by atoms with E-state index in [9.17, 15) is 23.2 Å². The fourth-order valence-corrected chi connectivity index (χ4v) is 1.56. The zero-order valence-corrected chi connectivity index (χ0v) is 10.7. The fraction of sp³-hybridized carbons (Fsp3) is 0.545. The van der Waals surface area contributed by atoms with Crippen LogP contribution in [-0.4, -0.2) is 40.1 Å². The number of aromatic nitrogens is 2. The number of aryl methyl sites for hydroxylation is 1. The lowest BCUT2D eigenvalue weighted by atomic mass is 10.1. The van der Waals surface area contributed by atoms with Gasteiger partial charge in [0, 0.05) is 24.2 Å². The molecule has 0 fully saturated rings. The summed E-state index contributed by atoms with van der Waals surface area (Å²) < 4.78 is 24.0. The maximum absolute atomic E-state index is 12.0. The topological polar surface area (TPSA) is 115 Å². The molecular formula is C11H15F2N3O4. The Bertz CT molecular complexity index is 582. The molecule has 1 atom stereocenters. The fourth-order valence-electron chi connectivity index (χ4n) is 1.56. The molecule has 1 unspecified atom stereocenters. The predicted molar refractivity (Wildman–Crippen MR) is 65.8 cm³/mol. The molecule has 1 amide bonds. The highest BCUT2D eigenvalue weighted by Crippen LogP contribution is 2.01. The van der Waals surface area contributed by atoms with Gasteiger partial charge in [-0.2, -0.15) is 0 Å². The van der Waals surface area contributed by atoms with Crippen molar-refractivity contribution in [2.45, 2.75) is 32.3 Å². The first kappa shape index (κ1) is 16.0. The highest BCUT2D eigenvalue weighted by atomic mass is 19.3. The van der Waals surface area contributed by atoms with Crippen LogP contribution in [0.1, 0.15) is 17.7 Å². The lowest BCUT2D eigenvalue weighted by Crippen LogP contribution is -2.36. The third-order valence-corrected chi connectivity index (χ3v) is 2.66. The summed E-state index contributed by atoms with van der Waals surface area (Å²) in [6.07, 6.45) is -4.92. The number of hydrogen-bond acceptors (Lipinski definition) is 4. The normalized spacial score (nSPS) is 12.4. The number of aliphatic hydroxyl groups excluding tert-OH is 1. The molecule has 0 aliphatic carbocycles. The van der Waals surface area contributed by atoms with Gasteiger partial charge in [0.2, 0.25) is 5.91 Å². The van der Waals surface area contributed by atoms with Gasteiger partial charge in [0.25, 0.3) is 12.0 Å². The maximum Gasteiger partial charge on any atom is 0.325 e. The smallest absolute Gasteiger partial charge is 0.325 e. The average Bonchev–Trinajstić information content (AvgIpc) is 2.34. The summed E-state index contributed by atoms with van der Waals surface area (Å²) in [5.41, 5.74) is -0.638. The molecule has 0 aliphatic heterocycles. The first-order chi connectivity index (χ1) is 9.31. The lowest BCUT2D eigenvalue weighted by molar-refractivity contribution is -0.122. The molecule has 0 aromatic carbocycles. The second kappa shape index (κ2) is 6.94. The quantitative estimate of drug-likeness (QED) is 0.540. The molecule has 0 spiro atoms. The Labute approximate surface area is 112 Å². The largest absolute Gasteiger partial charge is 0.385 e. The van der Waals surface area contributed by atoms with Crippen LogP contribution in [0.5, 0.6) is 0 Å². The zero-order chi connectivity index (χ0) is 15.3. The molecule has 1 aromatic heterocycles. The molecule has 20 heavy (non-hydrogen) atoms. The first-order valence-electron chi connectivity index (χ1n) is 5.86. The molecule has 112 valence electrons. The Hall–Kier alpha value is -2.03. The van der Waals surface area contributed by atoms with Crippen molar-refractivity contribution in [2.24, 2.45) is 0 Å². The number of carbonyl (C=O) groups excluding carboxylic acids is 1. The standard InChI is InChI=1S/C11H15F2N3O4/c1-5-6(10(19)16-11(20)15-5)2-3-8(18)14-4-7(17)9(12)13/h7,9,17H,2-4H2,1H3,(H,14,18)(H2,15,16,19,20). The van der Waals surface area contributed by atoms with Crippen molar-refractivity contribution in [1.29, 1.82) is 0 Å². The number of hydrogen-bond donors (Lipinski definition) is 4. The van der Waals surface area contributed by atoms with Crippen LogP contribution in [-0.2, 0) is 11.2 Å². The number of H-pyrrole nitrogens is 2. The van der Waals surface area contributed by atoms with E-state index in [1.54, 1.807) is 0 Å². The Kier molecular flexibility index (Phi) is 5.56. The number of halogens is 2. The van der Waals surface area contributed by atoms with Gasteiger partial charge in [0.15, 0.2) is 0 Å². The molecule has 0 bridgehead atoms. The van der Waals surface area contributed by atoms with Crippen LogP contribution in [0.4, 0.5) is 8.78 Å². The number of nitrogens with one attached hydrogen (secondary N) is 3. The van der Waals surface area contributed by atoms with Crippen LogP contribution in [0.15, 0.2) is 9.59 Å². The lowest BCUT2D eigenvalue weighted by Gasteiger charge is -2.10. The molecule has 4 N–H and O–H groups in total. The predicted octanol–water partition coefficient (Wildman–Crippen LogP) is -0.954. The van der Waals surface area contributed by atoms with Gasteiger partial charge in [-0.3, -0.25) is 14.6 Å². The van der Waals surface area contributed by atoms with Crippen LogP contribution < -0.4 is 16.6 Å². The van der Waals surface area contributed by atoms with Gasteiger partial charge in [-0.15, -0.1) is 0 Å². The van der Waals surface area contributed by atoms with Crippen LogP contribution in [0.3, 0.4) is 0 Å². The van der Waals surface area contributed by atoms with Crippen molar-refractivity contribution in [2.75, 3.05) is 6.54 Å². The molecule has 9 heteroatoms. The van der Waals surface area contributed by atoms with Crippen molar-refractivity contribution in [3.63, 3.8) is 0 Å². The number of rotatable bonds is 6. The van der Waals surface area contributed by atoms with E-state index in [0.717, 1.165) is 0 Å². The number of alkyl halides is 2. The molecule has 0 radical (unpaired) electrons. The van der Waals surface area contributed by atoms with Gasteiger partial charge in [-0.1, -0.05) is 0 Å². The third-order valence-electron chi connectivity index (χ3n) is 2.66. The minimum atomic E-state index is -2.93. The van der Waals surface area contributed by atoms with Crippen LogP contribution in [0.2, 0.25) is 0 Å². The van der Waals surface area contributed by atoms with Crippen LogP contribution >= 0.6 is 0 Å². The van der Waals surface area contributed by atoms with E-state index in [4.69, 9.17) is 5.11 Å². The molecule has 1 heterocycles. The summed E-state index contributed by atoms with van der Waals surface area (Å²) in [7, 11) is 0. The van der Waals surface area contributed by atoms with Gasteiger partial charge in [0.1, 0.15) is 6.10 Å². The Morgan fingerprint density at radius 3 is 2.55 bits per heavy atom. The maximum atomic E-state index is 12.0. The Balaban J connectivity index is 2.54. The number of carbonyl (C=O) groups is 1. The van der Waals surface area contributed by atoms with Crippen molar-refractivity contribution in [3.05, 3.63) is 32.1 Å². The van der Waals surface area contributed by atoms with E-state index in [-0.39, 0.29) is 18.4 Å². The molecule has 0 saturated heterocycles. The molecule has 1 aromatic rings. The first-order valence-corrected chi connectivity index (χ1v) is 5.86. The molecule has 7 nitrogen and oxygen atoms in total. The SMILES string of the molecule is Cc1[nH]c(=O)[nH]c(=O)c1CCC(=O)NCC(O)C(F)F. The van der Waals surface area contributed by atoms with E-state index in [1.807, 2.05) is 4.98 Å². The third kappa shape index (κ3) is 4.57. The monoisotopic (exact) mass is 291 g/mol. The summed E-state index contributed by atoms with van der Waals surface area (Å²) >= 11 is 0. The average molecular weight is 291 g/mol. The van der Waals surface area contributed by atoms with Crippen molar-refractivity contribution in [3.8, 4) is 0 Å². The van der Waals surface area contributed by atoms with Crippen molar-refractivity contribution in [1.82, 2.24) is 15.3 Å². The highest BCUT2D eigenvalue weighted by molar-refractivity contribution is 5.76. The zero-order valence-electron chi connectivity index (χ0n) is 10.7. The van der Waals surface area contributed by atoms with Gasteiger partial charge < -0.3 is 15.4 Å². The Morgan fingerprint density at radius 1 is 1.35 bits per heavy atom. The van der Waals surface area contributed by atoms with Gasteiger partial charge in [-0.25, -0.2) is 13.6 Å². The number of aliphatic hydroxyl groups is 1. The van der Waals surface area contributed by atoms with Gasteiger partial charge in [-0.05, 0) is 13.3 Å². The minimum Gasteiger partial charge on any atom is -0.385 e. The van der Waals surface area contributed by atoms with Gasteiger partial charge in [0.05, 0.1) is 0 Å². The van der Waals surface area contributed by atoms with E-state index >= 15 is 0 Å². The molecule has 0 aliphatic rings. The van der Waals surface area contributed by atoms with Crippen molar-refractivity contribution >= 4 is 5.91 Å². The summed E-state index contributed by atoms with van der Waals surface area (Å²) in [4.78, 5) is 38.2. The summed E-state index contributed by atoms with van der Waals surface area (Å²) in [6, 6.07) is 0. The summed E-state index contributed by atoms with van der Waals surface area (Å²) in [5, 5.41) is 11.0. The minimum absolute atomic E-state index is 0.0502. The second-order valence-electron chi connectivity index (χ2n) is 4.22. The Morgan fingerprint density at radius 2 is 2.00 bits per heavy atom. The molecular weight excluding hydrogens is 276 g/mol.